The highest BCUT2D eigenvalue weighted by atomic mass is 32.2. The number of aliphatic carboxylic acids is 1. The lowest BCUT2D eigenvalue weighted by atomic mass is 9.85. The minimum absolute atomic E-state index is 0.00850. The second kappa shape index (κ2) is 6.22. The second-order valence-corrected chi connectivity index (χ2v) is 8.65. The van der Waals surface area contributed by atoms with Crippen LogP contribution in [0.2, 0.25) is 0 Å². The first-order valence-corrected chi connectivity index (χ1v) is 8.38. The van der Waals surface area contributed by atoms with Crippen molar-refractivity contribution in [2.75, 3.05) is 6.54 Å². The van der Waals surface area contributed by atoms with Gasteiger partial charge in [0.2, 0.25) is 10.0 Å². The summed E-state index contributed by atoms with van der Waals surface area (Å²) in [5.41, 5.74) is -0.137. The van der Waals surface area contributed by atoms with Crippen molar-refractivity contribution >= 4 is 16.0 Å². The van der Waals surface area contributed by atoms with Crippen molar-refractivity contribution in [3.05, 3.63) is 0 Å². The van der Waals surface area contributed by atoms with Gasteiger partial charge in [0.1, 0.15) is 0 Å². The van der Waals surface area contributed by atoms with Gasteiger partial charge in [-0.1, -0.05) is 33.6 Å². The van der Waals surface area contributed by atoms with Gasteiger partial charge in [0.15, 0.2) is 0 Å². The van der Waals surface area contributed by atoms with Crippen molar-refractivity contribution in [3.8, 4) is 0 Å². The number of carboxylic acid groups (broad SMARTS) is 1. The summed E-state index contributed by atoms with van der Waals surface area (Å²) in [6.07, 6.45) is 3.71. The van der Waals surface area contributed by atoms with Gasteiger partial charge in [-0.15, -0.1) is 0 Å². The van der Waals surface area contributed by atoms with Gasteiger partial charge in [-0.3, -0.25) is 4.79 Å². The maximum Gasteiger partial charge on any atom is 0.307 e. The first-order valence-electron chi connectivity index (χ1n) is 6.83. The smallest absolute Gasteiger partial charge is 0.307 e. The molecular formula is C13H25NO4S. The molecule has 2 N–H and O–H groups in total. The Kier molecular flexibility index (Phi) is 5.38. The zero-order chi connectivity index (χ0) is 14.7. The number of hydrogen-bond acceptors (Lipinski definition) is 3. The SMILES string of the molecule is CC(C)(C)CC(CNS(=O)(=O)C1CCCC1)C(=O)O. The standard InChI is InChI=1S/C13H25NO4S/c1-13(2,3)8-10(12(15)16)9-14-19(17,18)11-6-4-5-7-11/h10-11,14H,4-9H2,1-3H3,(H,15,16). The lowest BCUT2D eigenvalue weighted by Crippen LogP contribution is -2.39. The van der Waals surface area contributed by atoms with Crippen molar-refractivity contribution in [1.29, 1.82) is 0 Å². The van der Waals surface area contributed by atoms with E-state index in [1.165, 1.54) is 0 Å². The number of nitrogens with one attached hydrogen (secondary N) is 1. The van der Waals surface area contributed by atoms with E-state index in [-0.39, 0.29) is 17.2 Å². The van der Waals surface area contributed by atoms with Gasteiger partial charge in [0.25, 0.3) is 0 Å². The van der Waals surface area contributed by atoms with Crippen molar-refractivity contribution in [3.63, 3.8) is 0 Å². The van der Waals surface area contributed by atoms with Gasteiger partial charge in [-0.2, -0.15) is 0 Å². The summed E-state index contributed by atoms with van der Waals surface area (Å²) in [6.45, 7) is 5.85. The van der Waals surface area contributed by atoms with E-state index in [2.05, 4.69) is 4.72 Å². The van der Waals surface area contributed by atoms with Crippen LogP contribution in [0.3, 0.4) is 0 Å². The maximum absolute atomic E-state index is 12.0. The molecule has 1 atom stereocenters. The second-order valence-electron chi connectivity index (χ2n) is 6.60. The lowest BCUT2D eigenvalue weighted by molar-refractivity contribution is -0.142. The van der Waals surface area contributed by atoms with Gasteiger partial charge in [0, 0.05) is 6.54 Å². The fourth-order valence-corrected chi connectivity index (χ4v) is 4.14. The third kappa shape index (κ3) is 5.48. The molecule has 0 heterocycles. The molecule has 6 heteroatoms. The number of carboxylic acids is 1. The highest BCUT2D eigenvalue weighted by Gasteiger charge is 2.31. The Morgan fingerprint density at radius 2 is 1.84 bits per heavy atom. The lowest BCUT2D eigenvalue weighted by Gasteiger charge is -2.24. The summed E-state index contributed by atoms with van der Waals surface area (Å²) in [5, 5.41) is 8.83. The topological polar surface area (TPSA) is 83.5 Å². The van der Waals surface area contributed by atoms with Gasteiger partial charge < -0.3 is 5.11 Å². The minimum Gasteiger partial charge on any atom is -0.481 e. The molecule has 0 amide bonds. The normalized spacial score (nSPS) is 19.5. The predicted octanol–water partition coefficient (Wildman–Crippen LogP) is 1.99. The summed E-state index contributed by atoms with van der Waals surface area (Å²) >= 11 is 0. The molecule has 1 aliphatic carbocycles. The Labute approximate surface area is 115 Å². The molecule has 1 saturated carbocycles. The molecule has 0 radical (unpaired) electrons. The summed E-state index contributed by atoms with van der Waals surface area (Å²) in [5.74, 6) is -1.61. The van der Waals surface area contributed by atoms with E-state index in [0.29, 0.717) is 19.3 Å². The van der Waals surface area contributed by atoms with Crippen LogP contribution in [0.5, 0.6) is 0 Å². The molecule has 0 aliphatic heterocycles. The van der Waals surface area contributed by atoms with Crippen LogP contribution >= 0.6 is 0 Å². The fourth-order valence-electron chi connectivity index (χ4n) is 2.52. The molecule has 1 rings (SSSR count). The van der Waals surface area contributed by atoms with E-state index in [1.807, 2.05) is 20.8 Å². The van der Waals surface area contributed by atoms with E-state index in [9.17, 15) is 13.2 Å². The number of rotatable bonds is 6. The molecule has 0 aromatic heterocycles. The first-order chi connectivity index (χ1) is 8.62. The number of carbonyl (C=O) groups is 1. The average Bonchev–Trinajstić information content (AvgIpc) is 2.76. The maximum atomic E-state index is 12.0. The van der Waals surface area contributed by atoms with Crippen LogP contribution in [0.1, 0.15) is 52.9 Å². The van der Waals surface area contributed by atoms with Crippen LogP contribution in [0.25, 0.3) is 0 Å². The highest BCUT2D eigenvalue weighted by Crippen LogP contribution is 2.26. The Morgan fingerprint density at radius 1 is 1.32 bits per heavy atom. The van der Waals surface area contributed by atoms with E-state index in [4.69, 9.17) is 5.11 Å². The molecule has 0 spiro atoms. The van der Waals surface area contributed by atoms with Gasteiger partial charge in [0.05, 0.1) is 11.2 Å². The zero-order valence-corrected chi connectivity index (χ0v) is 12.8. The molecule has 0 aromatic rings. The minimum atomic E-state index is -3.36. The quantitative estimate of drug-likeness (QED) is 0.784. The summed E-state index contributed by atoms with van der Waals surface area (Å²) < 4.78 is 26.5. The highest BCUT2D eigenvalue weighted by molar-refractivity contribution is 7.90. The van der Waals surface area contributed by atoms with Crippen LogP contribution in [0.15, 0.2) is 0 Å². The molecule has 5 nitrogen and oxygen atoms in total. The van der Waals surface area contributed by atoms with Crippen LogP contribution < -0.4 is 4.72 Å². The largest absolute Gasteiger partial charge is 0.481 e. The molecular weight excluding hydrogens is 266 g/mol. The van der Waals surface area contributed by atoms with Crippen LogP contribution in [-0.4, -0.2) is 31.3 Å². The number of sulfonamides is 1. The van der Waals surface area contributed by atoms with E-state index >= 15 is 0 Å². The van der Waals surface area contributed by atoms with Crippen LogP contribution in [-0.2, 0) is 14.8 Å². The van der Waals surface area contributed by atoms with Gasteiger partial charge in [-0.25, -0.2) is 13.1 Å². The molecule has 112 valence electrons. The molecule has 0 aromatic carbocycles. The molecule has 1 fully saturated rings. The Balaban J connectivity index is 2.58. The first kappa shape index (κ1) is 16.4. The Morgan fingerprint density at radius 3 is 2.26 bits per heavy atom. The monoisotopic (exact) mass is 291 g/mol. The third-order valence-electron chi connectivity index (χ3n) is 3.48. The summed E-state index contributed by atoms with van der Waals surface area (Å²) in [4.78, 5) is 11.2. The van der Waals surface area contributed by atoms with E-state index in [0.717, 1.165) is 12.8 Å². The van der Waals surface area contributed by atoms with Crippen molar-refractivity contribution in [2.45, 2.75) is 58.1 Å². The summed E-state index contributed by atoms with van der Waals surface area (Å²) in [7, 11) is -3.36. The third-order valence-corrected chi connectivity index (χ3v) is 5.40. The average molecular weight is 291 g/mol. The molecule has 0 bridgehead atoms. The Hall–Kier alpha value is -0.620. The van der Waals surface area contributed by atoms with Crippen molar-refractivity contribution in [2.24, 2.45) is 11.3 Å². The zero-order valence-electron chi connectivity index (χ0n) is 12.0. The molecule has 1 unspecified atom stereocenters. The van der Waals surface area contributed by atoms with Crippen molar-refractivity contribution in [1.82, 2.24) is 4.72 Å². The van der Waals surface area contributed by atoms with Crippen LogP contribution in [0, 0.1) is 11.3 Å². The molecule has 19 heavy (non-hydrogen) atoms. The van der Waals surface area contributed by atoms with Gasteiger partial charge in [-0.05, 0) is 24.7 Å². The predicted molar refractivity (Wildman–Crippen MR) is 74.4 cm³/mol. The molecule has 1 aliphatic rings. The summed E-state index contributed by atoms with van der Waals surface area (Å²) in [6, 6.07) is 0. The fraction of sp³-hybridized carbons (Fsp3) is 0.923. The number of hydrogen-bond donors (Lipinski definition) is 2. The van der Waals surface area contributed by atoms with Gasteiger partial charge >= 0.3 is 5.97 Å². The van der Waals surface area contributed by atoms with Crippen molar-refractivity contribution < 1.29 is 18.3 Å². The van der Waals surface area contributed by atoms with Crippen LogP contribution in [0.4, 0.5) is 0 Å². The Bertz CT molecular complexity index is 405. The molecule has 0 saturated heterocycles. The van der Waals surface area contributed by atoms with E-state index < -0.39 is 21.9 Å². The van der Waals surface area contributed by atoms with E-state index in [1.54, 1.807) is 0 Å².